The molecule has 1 aliphatic heterocycles. The van der Waals surface area contributed by atoms with Crippen molar-refractivity contribution in [1.29, 1.82) is 0 Å². The zero-order valence-electron chi connectivity index (χ0n) is 17.7. The third-order valence-corrected chi connectivity index (χ3v) is 5.53. The molecule has 1 amide bonds. The van der Waals surface area contributed by atoms with Crippen LogP contribution in [0.2, 0.25) is 0 Å². The summed E-state index contributed by atoms with van der Waals surface area (Å²) in [7, 11) is 1.62. The van der Waals surface area contributed by atoms with Crippen molar-refractivity contribution in [2.45, 2.75) is 26.5 Å². The molecule has 4 rings (SSSR count). The lowest BCUT2D eigenvalue weighted by Gasteiger charge is -2.18. The molecule has 31 heavy (non-hydrogen) atoms. The van der Waals surface area contributed by atoms with Crippen molar-refractivity contribution in [2.24, 2.45) is 4.99 Å². The summed E-state index contributed by atoms with van der Waals surface area (Å²) >= 11 is 1.39. The molecule has 0 bridgehead atoms. The topological polar surface area (TPSA) is 80.8 Å². The van der Waals surface area contributed by atoms with Crippen LogP contribution in [-0.4, -0.2) is 28.4 Å². The predicted molar refractivity (Wildman–Crippen MR) is 122 cm³/mol. The highest BCUT2D eigenvalue weighted by atomic mass is 32.2. The van der Waals surface area contributed by atoms with E-state index in [0.717, 1.165) is 28.1 Å². The number of carbonyl (C=O) groups is 1. The van der Waals surface area contributed by atoms with Gasteiger partial charge < -0.3 is 9.15 Å². The first kappa shape index (κ1) is 20.9. The lowest BCUT2D eigenvalue weighted by molar-refractivity contribution is -0.113. The highest BCUT2D eigenvalue weighted by Gasteiger charge is 2.32. The Morgan fingerprint density at radius 2 is 1.77 bits per heavy atom. The molecule has 7 nitrogen and oxygen atoms in total. The first-order chi connectivity index (χ1) is 14.9. The van der Waals surface area contributed by atoms with Crippen LogP contribution in [0.15, 0.2) is 57.6 Å². The molecule has 2 heterocycles. The van der Waals surface area contributed by atoms with E-state index in [1.807, 2.05) is 50.2 Å². The molecule has 0 fully saturated rings. The molecular weight excluding hydrogens is 412 g/mol. The van der Waals surface area contributed by atoms with E-state index in [4.69, 9.17) is 9.15 Å². The van der Waals surface area contributed by atoms with Crippen molar-refractivity contribution in [3.8, 4) is 5.75 Å². The van der Waals surface area contributed by atoms with Crippen LogP contribution in [0.3, 0.4) is 0 Å². The molecule has 0 atom stereocenters. The van der Waals surface area contributed by atoms with E-state index < -0.39 is 0 Å². The van der Waals surface area contributed by atoms with Crippen LogP contribution in [-0.2, 0) is 10.5 Å². The maximum atomic E-state index is 13.3. The van der Waals surface area contributed by atoms with Gasteiger partial charge in [0.05, 0.1) is 18.6 Å². The number of nitrogens with zero attached hydrogens (tertiary/aromatic N) is 4. The van der Waals surface area contributed by atoms with Crippen molar-refractivity contribution in [1.82, 2.24) is 10.2 Å². The van der Waals surface area contributed by atoms with Gasteiger partial charge in [-0.3, -0.25) is 9.69 Å². The zero-order valence-corrected chi connectivity index (χ0v) is 18.6. The van der Waals surface area contributed by atoms with E-state index in [-0.39, 0.29) is 5.91 Å². The van der Waals surface area contributed by atoms with Crippen LogP contribution in [0, 0.1) is 20.8 Å². The Hall–Kier alpha value is -3.39. The summed E-state index contributed by atoms with van der Waals surface area (Å²) in [5, 5.41) is 8.47. The number of thioether (sulfide) groups is 1. The number of benzene rings is 2. The number of ether oxygens (including phenoxy) is 1. The number of rotatable bonds is 5. The van der Waals surface area contributed by atoms with Crippen molar-refractivity contribution in [2.75, 3.05) is 12.0 Å². The van der Waals surface area contributed by atoms with E-state index in [1.54, 1.807) is 25.0 Å². The van der Waals surface area contributed by atoms with Gasteiger partial charge in [0.15, 0.2) is 5.17 Å². The molecule has 0 spiro atoms. The summed E-state index contributed by atoms with van der Waals surface area (Å²) in [4.78, 5) is 19.6. The quantitative estimate of drug-likeness (QED) is 0.543. The summed E-state index contributed by atoms with van der Waals surface area (Å²) in [6.45, 7) is 5.77. The minimum Gasteiger partial charge on any atom is -0.497 e. The van der Waals surface area contributed by atoms with E-state index in [0.29, 0.717) is 28.4 Å². The lowest BCUT2D eigenvalue weighted by Crippen LogP contribution is -2.30. The minimum atomic E-state index is -0.176. The fraction of sp³-hybridized carbons (Fsp3) is 0.217. The Labute approximate surface area is 184 Å². The molecule has 8 heteroatoms. The molecule has 0 radical (unpaired) electrons. The Morgan fingerprint density at radius 1 is 1.06 bits per heavy atom. The molecule has 0 aliphatic carbocycles. The Bertz CT molecular complexity index is 1160. The molecule has 0 unspecified atom stereocenters. The van der Waals surface area contributed by atoms with Crippen LogP contribution >= 0.6 is 11.8 Å². The average molecular weight is 435 g/mol. The standard InChI is InChI=1S/C23H22N4O3S/c1-14-9-15(2)11-18(10-14)27-22(28)20(12-17-5-7-19(29-4)8-6-17)24-23(27)31-13-21-26-25-16(3)30-21/h5-12H,13H2,1-4H3/b20-12-. The molecule has 158 valence electrons. The third-order valence-electron chi connectivity index (χ3n) is 4.61. The van der Waals surface area contributed by atoms with Crippen LogP contribution in [0.5, 0.6) is 5.75 Å². The monoisotopic (exact) mass is 434 g/mol. The van der Waals surface area contributed by atoms with Crippen molar-refractivity contribution >= 4 is 34.6 Å². The van der Waals surface area contributed by atoms with Gasteiger partial charge >= 0.3 is 0 Å². The number of carbonyl (C=O) groups excluding carboxylic acids is 1. The van der Waals surface area contributed by atoms with E-state index in [2.05, 4.69) is 21.3 Å². The maximum absolute atomic E-state index is 13.3. The van der Waals surface area contributed by atoms with Gasteiger partial charge in [0.1, 0.15) is 11.4 Å². The number of methoxy groups -OCH3 is 1. The highest BCUT2D eigenvalue weighted by Crippen LogP contribution is 2.32. The van der Waals surface area contributed by atoms with Crippen LogP contribution in [0.4, 0.5) is 5.69 Å². The highest BCUT2D eigenvalue weighted by molar-refractivity contribution is 8.13. The smallest absolute Gasteiger partial charge is 0.283 e. The second-order valence-electron chi connectivity index (χ2n) is 7.19. The molecule has 2 aromatic carbocycles. The molecule has 0 saturated carbocycles. The number of hydrogen-bond donors (Lipinski definition) is 0. The van der Waals surface area contributed by atoms with Crippen molar-refractivity contribution in [3.63, 3.8) is 0 Å². The van der Waals surface area contributed by atoms with Crippen molar-refractivity contribution < 1.29 is 13.9 Å². The molecule has 1 aliphatic rings. The average Bonchev–Trinajstić information content (AvgIpc) is 3.29. The molecule has 1 aromatic heterocycles. The fourth-order valence-electron chi connectivity index (χ4n) is 3.28. The summed E-state index contributed by atoms with van der Waals surface area (Å²) in [6, 6.07) is 13.5. The molecule has 3 aromatic rings. The number of aliphatic imine (C=N–C) groups is 1. The minimum absolute atomic E-state index is 0.176. The molecule has 0 N–H and O–H groups in total. The SMILES string of the molecule is COc1ccc(/C=C2\N=C(SCc3nnc(C)o3)N(c3cc(C)cc(C)c3)C2=O)cc1. The van der Waals surface area contributed by atoms with Crippen molar-refractivity contribution in [3.05, 3.63) is 76.6 Å². The normalized spacial score (nSPS) is 15.0. The number of aryl methyl sites for hydroxylation is 3. The fourth-order valence-corrected chi connectivity index (χ4v) is 4.13. The number of aromatic nitrogens is 2. The van der Waals surface area contributed by atoms with Gasteiger partial charge in [-0.25, -0.2) is 4.99 Å². The summed E-state index contributed by atoms with van der Waals surface area (Å²) in [5.41, 5.74) is 4.17. The van der Waals surface area contributed by atoms with Crippen LogP contribution in [0.1, 0.15) is 28.5 Å². The van der Waals surface area contributed by atoms with Gasteiger partial charge in [-0.05, 0) is 60.9 Å². The predicted octanol–water partition coefficient (Wildman–Crippen LogP) is 4.68. The van der Waals surface area contributed by atoms with Gasteiger partial charge in [0, 0.05) is 6.92 Å². The first-order valence-corrected chi connectivity index (χ1v) is 10.7. The Balaban J connectivity index is 1.68. The van der Waals surface area contributed by atoms with Gasteiger partial charge in [-0.2, -0.15) is 0 Å². The maximum Gasteiger partial charge on any atom is 0.283 e. The third kappa shape index (κ3) is 4.69. The van der Waals surface area contributed by atoms with Gasteiger partial charge in [0.2, 0.25) is 11.8 Å². The summed E-state index contributed by atoms with van der Waals surface area (Å²) < 4.78 is 10.7. The second-order valence-corrected chi connectivity index (χ2v) is 8.13. The Morgan fingerprint density at radius 3 is 2.39 bits per heavy atom. The Kier molecular flexibility index (Phi) is 5.90. The van der Waals surface area contributed by atoms with Gasteiger partial charge in [-0.15, -0.1) is 10.2 Å². The second kappa shape index (κ2) is 8.77. The van der Waals surface area contributed by atoms with Crippen LogP contribution in [0.25, 0.3) is 6.08 Å². The summed E-state index contributed by atoms with van der Waals surface area (Å²) in [6.07, 6.45) is 1.78. The largest absolute Gasteiger partial charge is 0.497 e. The lowest BCUT2D eigenvalue weighted by atomic mass is 10.1. The summed E-state index contributed by atoms with van der Waals surface area (Å²) in [5.74, 6) is 2.00. The van der Waals surface area contributed by atoms with Crippen LogP contribution < -0.4 is 9.64 Å². The molecule has 0 saturated heterocycles. The van der Waals surface area contributed by atoms with E-state index >= 15 is 0 Å². The van der Waals surface area contributed by atoms with Gasteiger partial charge in [0.25, 0.3) is 5.91 Å². The van der Waals surface area contributed by atoms with Gasteiger partial charge in [-0.1, -0.05) is 30.0 Å². The zero-order chi connectivity index (χ0) is 22.0. The first-order valence-electron chi connectivity index (χ1n) is 9.72. The number of anilines is 1. The number of amides is 1. The molecular formula is C23H22N4O3S. The van der Waals surface area contributed by atoms with E-state index in [1.165, 1.54) is 11.8 Å². The van der Waals surface area contributed by atoms with E-state index in [9.17, 15) is 4.79 Å². The number of hydrogen-bond acceptors (Lipinski definition) is 7. The number of amidine groups is 1.